The zero-order valence-electron chi connectivity index (χ0n) is 11.2. The van der Waals surface area contributed by atoms with Gasteiger partial charge in [-0.1, -0.05) is 31.9 Å². The van der Waals surface area contributed by atoms with Crippen LogP contribution in [0.4, 0.5) is 0 Å². The number of benzene rings is 1. The van der Waals surface area contributed by atoms with Crippen LogP contribution in [0, 0.1) is 0 Å². The van der Waals surface area contributed by atoms with E-state index in [0.717, 1.165) is 12.8 Å². The molecule has 0 aromatic heterocycles. The van der Waals surface area contributed by atoms with Gasteiger partial charge in [0.15, 0.2) is 0 Å². The molecule has 1 N–H and O–H groups in total. The second-order valence-corrected chi connectivity index (χ2v) is 6.70. The molecule has 1 unspecified atom stereocenters. The summed E-state index contributed by atoms with van der Waals surface area (Å²) < 4.78 is 51.2. The third kappa shape index (κ3) is 6.99. The number of unbranched alkanes of at least 4 members (excludes halogenated alkanes) is 2. The number of nitrogens with one attached hydrogen (secondary N) is 1. The maximum atomic E-state index is 11.7. The molecule has 20 heavy (non-hydrogen) atoms. The topological polar surface area (TPSA) is 95.5 Å². The molecule has 6 nitrogen and oxygen atoms in total. The van der Waals surface area contributed by atoms with Crippen molar-refractivity contribution >= 4 is 21.4 Å². The lowest BCUT2D eigenvalue weighted by Crippen LogP contribution is -2.16. The van der Waals surface area contributed by atoms with E-state index in [2.05, 4.69) is 4.72 Å². The molecule has 0 bridgehead atoms. The molecule has 0 saturated carbocycles. The van der Waals surface area contributed by atoms with Crippen molar-refractivity contribution in [2.45, 2.75) is 32.7 Å². The third-order valence-corrected chi connectivity index (χ3v) is 4.15. The first-order chi connectivity index (χ1) is 9.43. The van der Waals surface area contributed by atoms with E-state index in [9.17, 15) is 17.2 Å². The average molecular weight is 320 g/mol. The Balaban J connectivity index is 2.54. The lowest BCUT2D eigenvalue weighted by Gasteiger charge is -2.09. The number of hydrogen-bond acceptors (Lipinski definition) is 5. The zero-order chi connectivity index (χ0) is 15.0. The third-order valence-electron chi connectivity index (χ3n) is 2.54. The van der Waals surface area contributed by atoms with Crippen LogP contribution in [-0.4, -0.2) is 22.9 Å². The van der Waals surface area contributed by atoms with Crippen LogP contribution in [0.3, 0.4) is 0 Å². The molecule has 114 valence electrons. The SMILES string of the molecule is CCCCCS(=O)(=O)Oc1ccc(CNS(=O)[O-])cc1. The number of rotatable bonds is 9. The fourth-order valence-corrected chi connectivity index (χ4v) is 2.85. The highest BCUT2D eigenvalue weighted by atomic mass is 32.2. The molecule has 0 radical (unpaired) electrons. The van der Waals surface area contributed by atoms with Crippen LogP contribution >= 0.6 is 0 Å². The van der Waals surface area contributed by atoms with Crippen molar-refractivity contribution in [3.8, 4) is 5.75 Å². The van der Waals surface area contributed by atoms with Crippen molar-refractivity contribution in [3.63, 3.8) is 0 Å². The highest BCUT2D eigenvalue weighted by Gasteiger charge is 2.12. The van der Waals surface area contributed by atoms with Gasteiger partial charge in [-0.25, -0.2) is 4.72 Å². The first-order valence-electron chi connectivity index (χ1n) is 6.27. The smallest absolute Gasteiger partial charge is 0.309 e. The van der Waals surface area contributed by atoms with Crippen LogP contribution in [0.5, 0.6) is 5.75 Å². The highest BCUT2D eigenvalue weighted by molar-refractivity contribution is 7.87. The van der Waals surface area contributed by atoms with Crippen molar-refractivity contribution < 1.29 is 21.4 Å². The predicted molar refractivity (Wildman–Crippen MR) is 76.1 cm³/mol. The van der Waals surface area contributed by atoms with Gasteiger partial charge in [0.05, 0.1) is 5.75 Å². The van der Waals surface area contributed by atoms with Gasteiger partial charge in [0.2, 0.25) is 0 Å². The minimum atomic E-state index is -3.56. The molecule has 0 heterocycles. The molecule has 1 aromatic rings. The first kappa shape index (κ1) is 17.1. The van der Waals surface area contributed by atoms with Gasteiger partial charge in [-0.15, -0.1) is 0 Å². The standard InChI is InChI=1S/C12H19NO5S2/c1-2-3-4-9-20(16,17)18-12-7-5-11(6-8-12)10-13-19(14)15/h5-8,13H,2-4,9-10H2,1H3,(H,14,15)/p-1. The lowest BCUT2D eigenvalue weighted by molar-refractivity contribution is 0.483. The summed E-state index contributed by atoms with van der Waals surface area (Å²) in [6.07, 6.45) is 2.37. The van der Waals surface area contributed by atoms with Crippen LogP contribution in [0.15, 0.2) is 24.3 Å². The van der Waals surface area contributed by atoms with Gasteiger partial charge < -0.3 is 8.74 Å². The summed E-state index contributed by atoms with van der Waals surface area (Å²) >= 11 is -2.32. The van der Waals surface area contributed by atoms with E-state index >= 15 is 0 Å². The second-order valence-electron chi connectivity index (χ2n) is 4.25. The van der Waals surface area contributed by atoms with E-state index in [-0.39, 0.29) is 18.0 Å². The molecule has 0 aliphatic carbocycles. The Hall–Kier alpha value is -0.960. The normalized spacial score (nSPS) is 13.1. The van der Waals surface area contributed by atoms with Gasteiger partial charge in [-0.2, -0.15) is 8.42 Å². The fraction of sp³-hybridized carbons (Fsp3) is 0.500. The van der Waals surface area contributed by atoms with Crippen molar-refractivity contribution in [2.24, 2.45) is 0 Å². The Morgan fingerprint density at radius 3 is 2.45 bits per heavy atom. The van der Waals surface area contributed by atoms with E-state index < -0.39 is 21.4 Å². The van der Waals surface area contributed by atoms with Gasteiger partial charge >= 0.3 is 10.1 Å². The average Bonchev–Trinajstić information content (AvgIpc) is 2.37. The first-order valence-corrected chi connectivity index (χ1v) is 8.92. The van der Waals surface area contributed by atoms with Crippen LogP contribution in [0.25, 0.3) is 0 Å². The van der Waals surface area contributed by atoms with Crippen molar-refractivity contribution in [1.82, 2.24) is 4.72 Å². The van der Waals surface area contributed by atoms with Crippen molar-refractivity contribution in [2.75, 3.05) is 5.75 Å². The minimum absolute atomic E-state index is 0.000684. The van der Waals surface area contributed by atoms with Crippen LogP contribution in [0.1, 0.15) is 31.7 Å². The summed E-state index contributed by atoms with van der Waals surface area (Å²) in [6.45, 7) is 2.15. The molecular weight excluding hydrogens is 302 g/mol. The van der Waals surface area contributed by atoms with Gasteiger partial charge in [0.25, 0.3) is 0 Å². The highest BCUT2D eigenvalue weighted by Crippen LogP contribution is 2.15. The molecular formula is C12H18NO5S2-. The maximum Gasteiger partial charge on any atom is 0.309 e. The van der Waals surface area contributed by atoms with E-state index in [1.54, 1.807) is 12.1 Å². The van der Waals surface area contributed by atoms with E-state index in [1.165, 1.54) is 12.1 Å². The molecule has 8 heteroatoms. The monoisotopic (exact) mass is 320 g/mol. The molecule has 0 fully saturated rings. The zero-order valence-corrected chi connectivity index (χ0v) is 12.8. The van der Waals surface area contributed by atoms with Crippen molar-refractivity contribution in [1.29, 1.82) is 0 Å². The van der Waals surface area contributed by atoms with Gasteiger partial charge in [0.1, 0.15) is 5.75 Å². The van der Waals surface area contributed by atoms with Gasteiger partial charge in [-0.05, 0) is 24.1 Å². The van der Waals surface area contributed by atoms with Crippen LogP contribution < -0.4 is 8.91 Å². The summed E-state index contributed by atoms with van der Waals surface area (Å²) in [5.41, 5.74) is 0.713. The van der Waals surface area contributed by atoms with Gasteiger partial charge in [0, 0.05) is 17.8 Å². The van der Waals surface area contributed by atoms with Crippen LogP contribution in [0.2, 0.25) is 0 Å². The molecule has 0 aliphatic heterocycles. The number of hydrogen-bond donors (Lipinski definition) is 1. The predicted octanol–water partition coefficient (Wildman–Crippen LogP) is 1.47. The molecule has 0 spiro atoms. The molecule has 0 saturated heterocycles. The Labute approximate surface area is 122 Å². The summed E-state index contributed by atoms with van der Waals surface area (Å²) in [4.78, 5) is 0. The van der Waals surface area contributed by atoms with Crippen LogP contribution in [-0.2, 0) is 27.9 Å². The quantitative estimate of drug-likeness (QED) is 0.422. The minimum Gasteiger partial charge on any atom is -0.760 e. The van der Waals surface area contributed by atoms with E-state index in [4.69, 9.17) is 4.18 Å². The Morgan fingerprint density at radius 1 is 1.25 bits per heavy atom. The lowest BCUT2D eigenvalue weighted by atomic mass is 10.2. The Bertz CT molecular complexity index is 527. The summed E-state index contributed by atoms with van der Waals surface area (Å²) in [5.74, 6) is 0.229. The Kier molecular flexibility index (Phi) is 7.14. The fourth-order valence-electron chi connectivity index (χ4n) is 1.52. The summed E-state index contributed by atoms with van der Waals surface area (Å²) in [5, 5.41) is 0. The van der Waals surface area contributed by atoms with Gasteiger partial charge in [-0.3, -0.25) is 4.21 Å². The van der Waals surface area contributed by atoms with E-state index in [1.807, 2.05) is 6.92 Å². The Morgan fingerprint density at radius 2 is 1.90 bits per heavy atom. The van der Waals surface area contributed by atoms with Crippen molar-refractivity contribution in [3.05, 3.63) is 29.8 Å². The molecule has 1 rings (SSSR count). The second kappa shape index (κ2) is 8.35. The molecule has 1 atom stereocenters. The summed E-state index contributed by atoms with van der Waals surface area (Å²) in [7, 11) is -3.56. The molecule has 0 aliphatic rings. The molecule has 0 amide bonds. The maximum absolute atomic E-state index is 11.7. The molecule has 1 aromatic carbocycles. The largest absolute Gasteiger partial charge is 0.760 e. The summed E-state index contributed by atoms with van der Waals surface area (Å²) in [6, 6.07) is 6.22. The van der Waals surface area contributed by atoms with E-state index in [0.29, 0.717) is 12.0 Å².